The van der Waals surface area contributed by atoms with E-state index in [0.29, 0.717) is 11.5 Å². The lowest BCUT2D eigenvalue weighted by Crippen LogP contribution is -2.33. The first-order valence-electron chi connectivity index (χ1n) is 16.9. The standard InChI is InChI=1S/C45H32N4/c1-29-18-20-32(28-47)43(24-29)49-41-17-8-7-14-36(41)37-22-21-31(26-44(37)49)34-12-5-6-13-35(34)38-15-9-16-39-40-25-30(27-46)19-23-42(40)48(45(38)39)33-10-3-2-4-11-33/h2-17,19-26,29,38,45H,18H2,1H3. The van der Waals surface area contributed by atoms with Gasteiger partial charge >= 0.3 is 0 Å². The molecule has 3 aliphatic rings. The maximum Gasteiger partial charge on any atom is 0.101 e. The van der Waals surface area contributed by atoms with Gasteiger partial charge in [0.2, 0.25) is 0 Å². The van der Waals surface area contributed by atoms with Gasteiger partial charge in [-0.05, 0) is 77.1 Å². The number of nitriles is 2. The average molecular weight is 629 g/mol. The summed E-state index contributed by atoms with van der Waals surface area (Å²) in [5, 5.41) is 22.3. The van der Waals surface area contributed by atoms with Gasteiger partial charge < -0.3 is 9.47 Å². The van der Waals surface area contributed by atoms with E-state index in [-0.39, 0.29) is 12.0 Å². The van der Waals surface area contributed by atoms with Crippen molar-refractivity contribution in [1.29, 1.82) is 10.5 Å². The topological polar surface area (TPSA) is 55.8 Å². The van der Waals surface area contributed by atoms with Gasteiger partial charge in [-0.3, -0.25) is 0 Å². The Morgan fingerprint density at radius 3 is 2.39 bits per heavy atom. The molecule has 232 valence electrons. The zero-order valence-electron chi connectivity index (χ0n) is 27.1. The Morgan fingerprint density at radius 2 is 1.53 bits per heavy atom. The highest BCUT2D eigenvalue weighted by molar-refractivity contribution is 6.12. The van der Waals surface area contributed by atoms with Crippen LogP contribution in [0.2, 0.25) is 0 Å². The molecule has 0 fully saturated rings. The predicted octanol–water partition coefficient (Wildman–Crippen LogP) is 10.9. The summed E-state index contributed by atoms with van der Waals surface area (Å²) in [6.45, 7) is 2.21. The minimum absolute atomic E-state index is 0.0184. The first-order chi connectivity index (χ1) is 24.1. The second-order valence-electron chi connectivity index (χ2n) is 13.2. The van der Waals surface area contributed by atoms with E-state index in [1.807, 2.05) is 12.1 Å². The highest BCUT2D eigenvalue weighted by atomic mass is 15.2. The Kier molecular flexibility index (Phi) is 6.71. The van der Waals surface area contributed by atoms with Crippen LogP contribution in [0.4, 0.5) is 11.4 Å². The molecule has 0 saturated heterocycles. The van der Waals surface area contributed by atoms with Gasteiger partial charge in [-0.1, -0.05) is 110 Å². The molecule has 0 spiro atoms. The third-order valence-corrected chi connectivity index (χ3v) is 10.3. The maximum atomic E-state index is 10.2. The predicted molar refractivity (Wildman–Crippen MR) is 200 cm³/mol. The Bertz CT molecular complexity index is 2530. The SMILES string of the molecule is CC1C=C(n2c3ccccc3c3ccc(-c4ccccc4C4C=CC=C5c6cc(C#N)ccc6N(c6ccccc6)C54)cc32)C(C#N)=CC1. The molecule has 2 heterocycles. The van der Waals surface area contributed by atoms with Crippen molar-refractivity contribution in [3.05, 3.63) is 168 Å². The number of anilines is 2. The fourth-order valence-corrected chi connectivity index (χ4v) is 8.17. The first-order valence-corrected chi connectivity index (χ1v) is 16.9. The number of aromatic nitrogens is 1. The molecule has 0 radical (unpaired) electrons. The molecule has 9 rings (SSSR count). The van der Waals surface area contributed by atoms with E-state index in [4.69, 9.17) is 0 Å². The van der Waals surface area contributed by atoms with Gasteiger partial charge in [0.05, 0.1) is 40.0 Å². The Labute approximate surface area is 286 Å². The van der Waals surface area contributed by atoms with Crippen LogP contribution < -0.4 is 4.90 Å². The van der Waals surface area contributed by atoms with E-state index in [0.717, 1.165) is 51.2 Å². The second-order valence-corrected chi connectivity index (χ2v) is 13.2. The largest absolute Gasteiger partial charge is 0.332 e. The number of benzene rings is 5. The third kappa shape index (κ3) is 4.50. The molecule has 2 aliphatic carbocycles. The summed E-state index contributed by atoms with van der Waals surface area (Å²) in [4.78, 5) is 2.45. The Balaban J connectivity index is 1.23. The molecule has 1 aromatic heterocycles. The van der Waals surface area contributed by atoms with Crippen LogP contribution in [0, 0.1) is 28.6 Å². The van der Waals surface area contributed by atoms with Gasteiger partial charge in [0.1, 0.15) is 6.07 Å². The minimum Gasteiger partial charge on any atom is -0.332 e. The molecule has 3 unspecified atom stereocenters. The smallest absolute Gasteiger partial charge is 0.101 e. The lowest BCUT2D eigenvalue weighted by atomic mass is 9.79. The van der Waals surface area contributed by atoms with Crippen molar-refractivity contribution in [1.82, 2.24) is 4.57 Å². The molecule has 0 bridgehead atoms. The van der Waals surface area contributed by atoms with Gasteiger partial charge in [0.25, 0.3) is 0 Å². The summed E-state index contributed by atoms with van der Waals surface area (Å²) in [7, 11) is 0. The maximum absolute atomic E-state index is 10.2. The molecular weight excluding hydrogens is 597 g/mol. The van der Waals surface area contributed by atoms with E-state index in [2.05, 4.69) is 162 Å². The highest BCUT2D eigenvalue weighted by Crippen LogP contribution is 2.52. The molecule has 4 heteroatoms. The number of hydrogen-bond donors (Lipinski definition) is 0. The molecule has 49 heavy (non-hydrogen) atoms. The highest BCUT2D eigenvalue weighted by Gasteiger charge is 2.41. The quantitative estimate of drug-likeness (QED) is 0.195. The monoisotopic (exact) mass is 628 g/mol. The Hall–Kier alpha value is -6.36. The zero-order chi connectivity index (χ0) is 33.1. The number of allylic oxidation sites excluding steroid dienone is 6. The average Bonchev–Trinajstić information content (AvgIpc) is 3.67. The molecular formula is C45H32N4. The molecule has 6 aromatic rings. The van der Waals surface area contributed by atoms with Gasteiger partial charge in [-0.15, -0.1) is 0 Å². The summed E-state index contributed by atoms with van der Waals surface area (Å²) in [6, 6.07) is 45.6. The number of fused-ring (bicyclic) bond motifs is 6. The van der Waals surface area contributed by atoms with Crippen LogP contribution in [0.1, 0.15) is 36.0 Å². The minimum atomic E-state index is 0.0184. The van der Waals surface area contributed by atoms with Crippen molar-refractivity contribution >= 4 is 44.5 Å². The van der Waals surface area contributed by atoms with Crippen LogP contribution in [-0.4, -0.2) is 10.6 Å². The van der Waals surface area contributed by atoms with Crippen molar-refractivity contribution < 1.29 is 0 Å². The number of rotatable bonds is 4. The van der Waals surface area contributed by atoms with E-state index in [9.17, 15) is 10.5 Å². The van der Waals surface area contributed by atoms with Crippen LogP contribution in [0.5, 0.6) is 0 Å². The normalized spacial score (nSPS) is 19.4. The fraction of sp³-hybridized carbons (Fsp3) is 0.111. The summed E-state index contributed by atoms with van der Waals surface area (Å²) >= 11 is 0. The van der Waals surface area contributed by atoms with Crippen LogP contribution >= 0.6 is 0 Å². The van der Waals surface area contributed by atoms with Gasteiger partial charge in [-0.2, -0.15) is 10.5 Å². The lowest BCUT2D eigenvalue weighted by molar-refractivity contribution is 0.725. The van der Waals surface area contributed by atoms with E-state index in [1.54, 1.807) is 0 Å². The number of hydrogen-bond acceptors (Lipinski definition) is 3. The molecule has 4 nitrogen and oxygen atoms in total. The second kappa shape index (κ2) is 11.4. The van der Waals surface area contributed by atoms with Gasteiger partial charge in [0, 0.05) is 33.6 Å². The van der Waals surface area contributed by atoms with E-state index < -0.39 is 0 Å². The van der Waals surface area contributed by atoms with E-state index >= 15 is 0 Å². The Morgan fingerprint density at radius 1 is 0.735 bits per heavy atom. The summed E-state index contributed by atoms with van der Waals surface area (Å²) < 4.78 is 2.29. The van der Waals surface area contributed by atoms with Crippen LogP contribution in [0.3, 0.4) is 0 Å². The lowest BCUT2D eigenvalue weighted by Gasteiger charge is -2.35. The van der Waals surface area contributed by atoms with E-state index in [1.165, 1.54) is 27.5 Å². The van der Waals surface area contributed by atoms with Crippen LogP contribution in [0.15, 0.2) is 151 Å². The number of nitrogens with zero attached hydrogens (tertiary/aromatic N) is 4. The van der Waals surface area contributed by atoms with Crippen molar-refractivity contribution in [2.75, 3.05) is 4.90 Å². The number of para-hydroxylation sites is 2. The molecule has 0 saturated carbocycles. The molecule has 5 aromatic carbocycles. The first kappa shape index (κ1) is 28.8. The summed E-state index contributed by atoms with van der Waals surface area (Å²) in [6.07, 6.45) is 11.9. The third-order valence-electron chi connectivity index (χ3n) is 10.3. The van der Waals surface area contributed by atoms with Gasteiger partial charge in [0.15, 0.2) is 0 Å². The fourth-order valence-electron chi connectivity index (χ4n) is 8.17. The van der Waals surface area contributed by atoms with Crippen LogP contribution in [0.25, 0.3) is 44.2 Å². The van der Waals surface area contributed by atoms with Crippen molar-refractivity contribution in [3.8, 4) is 23.3 Å². The van der Waals surface area contributed by atoms with Crippen molar-refractivity contribution in [2.45, 2.75) is 25.3 Å². The molecule has 0 N–H and O–H groups in total. The molecule has 1 aliphatic heterocycles. The zero-order valence-corrected chi connectivity index (χ0v) is 27.1. The summed E-state index contributed by atoms with van der Waals surface area (Å²) in [5.74, 6) is 0.394. The van der Waals surface area contributed by atoms with Crippen molar-refractivity contribution in [3.63, 3.8) is 0 Å². The molecule has 3 atom stereocenters. The van der Waals surface area contributed by atoms with Gasteiger partial charge in [-0.25, -0.2) is 0 Å². The summed E-state index contributed by atoms with van der Waals surface area (Å²) in [5.41, 5.74) is 12.7. The van der Waals surface area contributed by atoms with Crippen molar-refractivity contribution in [2.24, 2.45) is 5.92 Å². The molecule has 0 amide bonds. The van der Waals surface area contributed by atoms with Crippen LogP contribution in [-0.2, 0) is 0 Å².